The SMILES string of the molecule is CC(CC(C)(N)C(=O)O)SC1CCCCC1. The van der Waals surface area contributed by atoms with Gasteiger partial charge in [-0.2, -0.15) is 11.8 Å². The van der Waals surface area contributed by atoms with Crippen LogP contribution in [0, 0.1) is 0 Å². The highest BCUT2D eigenvalue weighted by Crippen LogP contribution is 2.33. The van der Waals surface area contributed by atoms with E-state index in [1.807, 2.05) is 11.8 Å². The maximum atomic E-state index is 10.9. The molecule has 1 aliphatic carbocycles. The van der Waals surface area contributed by atoms with Crippen molar-refractivity contribution in [2.75, 3.05) is 0 Å². The number of carboxylic acids is 1. The molecule has 1 saturated carbocycles. The number of hydrogen-bond acceptors (Lipinski definition) is 3. The van der Waals surface area contributed by atoms with Crippen LogP contribution < -0.4 is 5.73 Å². The molecule has 0 aromatic carbocycles. The first-order valence-corrected chi connectivity index (χ1v) is 7.04. The van der Waals surface area contributed by atoms with Gasteiger partial charge in [0, 0.05) is 10.5 Å². The molecular weight excluding hydrogens is 222 g/mol. The Hall–Kier alpha value is -0.220. The number of thioether (sulfide) groups is 1. The summed E-state index contributed by atoms with van der Waals surface area (Å²) in [6.45, 7) is 3.70. The van der Waals surface area contributed by atoms with E-state index in [1.54, 1.807) is 6.92 Å². The average molecular weight is 245 g/mol. The number of rotatable bonds is 5. The van der Waals surface area contributed by atoms with Gasteiger partial charge in [-0.15, -0.1) is 0 Å². The van der Waals surface area contributed by atoms with E-state index in [9.17, 15) is 4.79 Å². The number of carbonyl (C=O) groups is 1. The summed E-state index contributed by atoms with van der Waals surface area (Å²) in [4.78, 5) is 10.9. The number of hydrogen-bond donors (Lipinski definition) is 2. The Morgan fingerprint density at radius 3 is 2.56 bits per heavy atom. The van der Waals surface area contributed by atoms with Crippen LogP contribution in [0.15, 0.2) is 0 Å². The van der Waals surface area contributed by atoms with Crippen molar-refractivity contribution in [3.05, 3.63) is 0 Å². The van der Waals surface area contributed by atoms with Gasteiger partial charge in [0.2, 0.25) is 0 Å². The minimum atomic E-state index is -1.08. The van der Waals surface area contributed by atoms with Crippen molar-refractivity contribution in [3.63, 3.8) is 0 Å². The van der Waals surface area contributed by atoms with Crippen molar-refractivity contribution in [3.8, 4) is 0 Å². The third kappa shape index (κ3) is 4.34. The second-order valence-electron chi connectivity index (χ2n) is 5.13. The average Bonchev–Trinajstić information content (AvgIpc) is 2.17. The van der Waals surface area contributed by atoms with E-state index < -0.39 is 11.5 Å². The van der Waals surface area contributed by atoms with Crippen LogP contribution in [0.4, 0.5) is 0 Å². The fourth-order valence-electron chi connectivity index (χ4n) is 2.26. The van der Waals surface area contributed by atoms with Gasteiger partial charge in [-0.1, -0.05) is 26.2 Å². The summed E-state index contributed by atoms with van der Waals surface area (Å²) in [6.07, 6.45) is 7.11. The minimum Gasteiger partial charge on any atom is -0.480 e. The summed E-state index contributed by atoms with van der Waals surface area (Å²) in [7, 11) is 0. The fourth-order valence-corrected chi connectivity index (χ4v) is 3.97. The molecule has 0 heterocycles. The van der Waals surface area contributed by atoms with Crippen LogP contribution in [0.25, 0.3) is 0 Å². The molecule has 2 atom stereocenters. The summed E-state index contributed by atoms with van der Waals surface area (Å²) in [5.74, 6) is -0.899. The molecule has 0 bridgehead atoms. The molecule has 1 aliphatic rings. The second-order valence-corrected chi connectivity index (χ2v) is 6.88. The predicted molar refractivity (Wildman–Crippen MR) is 68.8 cm³/mol. The molecule has 1 rings (SSSR count). The molecule has 94 valence electrons. The van der Waals surface area contributed by atoms with Gasteiger partial charge in [-0.25, -0.2) is 0 Å². The van der Waals surface area contributed by atoms with Crippen LogP contribution in [0.2, 0.25) is 0 Å². The zero-order valence-electron chi connectivity index (χ0n) is 10.2. The maximum absolute atomic E-state index is 10.9. The highest BCUT2D eigenvalue weighted by atomic mass is 32.2. The molecule has 1 fully saturated rings. The molecule has 0 aromatic heterocycles. The van der Waals surface area contributed by atoms with Crippen LogP contribution >= 0.6 is 11.8 Å². The first-order chi connectivity index (χ1) is 7.42. The quantitative estimate of drug-likeness (QED) is 0.781. The first kappa shape index (κ1) is 13.8. The molecule has 0 aliphatic heterocycles. The van der Waals surface area contributed by atoms with E-state index in [4.69, 9.17) is 10.8 Å². The van der Waals surface area contributed by atoms with E-state index in [0.29, 0.717) is 16.9 Å². The number of aliphatic carboxylic acids is 1. The lowest BCUT2D eigenvalue weighted by atomic mass is 9.98. The highest BCUT2D eigenvalue weighted by molar-refractivity contribution is 8.00. The number of carboxylic acid groups (broad SMARTS) is 1. The van der Waals surface area contributed by atoms with Crippen molar-refractivity contribution in [2.45, 2.75) is 68.4 Å². The summed E-state index contributed by atoms with van der Waals surface area (Å²) in [5, 5.41) is 10.0. The molecule has 0 spiro atoms. The predicted octanol–water partition coefficient (Wildman–Crippen LogP) is 2.63. The molecule has 0 aromatic rings. The smallest absolute Gasteiger partial charge is 0.323 e. The summed E-state index contributed by atoms with van der Waals surface area (Å²) >= 11 is 1.92. The third-order valence-corrected chi connectivity index (χ3v) is 4.66. The Balaban J connectivity index is 2.34. The molecular formula is C12H23NO2S. The molecule has 0 amide bonds. The molecule has 0 saturated heterocycles. The largest absolute Gasteiger partial charge is 0.480 e. The standard InChI is InChI=1S/C12H23NO2S/c1-9(8-12(2,13)11(14)15)16-10-6-4-3-5-7-10/h9-10H,3-8,13H2,1-2H3,(H,14,15). The van der Waals surface area contributed by atoms with Crippen molar-refractivity contribution in [1.82, 2.24) is 0 Å². The van der Waals surface area contributed by atoms with E-state index >= 15 is 0 Å². The summed E-state index contributed by atoms with van der Waals surface area (Å²) in [5.41, 5.74) is 4.67. The van der Waals surface area contributed by atoms with Crippen LogP contribution in [-0.4, -0.2) is 27.1 Å². The zero-order chi connectivity index (χ0) is 12.2. The lowest BCUT2D eigenvalue weighted by molar-refractivity contribution is -0.142. The normalized spacial score (nSPS) is 23.7. The van der Waals surface area contributed by atoms with Crippen LogP contribution in [-0.2, 0) is 4.79 Å². The summed E-state index contributed by atoms with van der Waals surface area (Å²) in [6, 6.07) is 0. The lowest BCUT2D eigenvalue weighted by Crippen LogP contribution is -2.46. The van der Waals surface area contributed by atoms with Crippen molar-refractivity contribution < 1.29 is 9.90 Å². The van der Waals surface area contributed by atoms with Crippen LogP contribution in [0.3, 0.4) is 0 Å². The molecule has 16 heavy (non-hydrogen) atoms. The van der Waals surface area contributed by atoms with Gasteiger partial charge < -0.3 is 10.8 Å². The second kappa shape index (κ2) is 5.92. The molecule has 2 unspecified atom stereocenters. The summed E-state index contributed by atoms with van der Waals surface area (Å²) < 4.78 is 0. The van der Waals surface area contributed by atoms with Crippen LogP contribution in [0.5, 0.6) is 0 Å². The van der Waals surface area contributed by atoms with Crippen LogP contribution in [0.1, 0.15) is 52.4 Å². The minimum absolute atomic E-state index is 0.328. The molecule has 3 nitrogen and oxygen atoms in total. The van der Waals surface area contributed by atoms with Gasteiger partial charge in [-0.3, -0.25) is 4.79 Å². The van der Waals surface area contributed by atoms with Gasteiger partial charge in [0.25, 0.3) is 0 Å². The Kier molecular flexibility index (Phi) is 5.12. The van der Waals surface area contributed by atoms with E-state index in [2.05, 4.69) is 6.92 Å². The number of nitrogens with two attached hydrogens (primary N) is 1. The molecule has 4 heteroatoms. The van der Waals surface area contributed by atoms with Crippen molar-refractivity contribution in [2.24, 2.45) is 5.73 Å². The monoisotopic (exact) mass is 245 g/mol. The van der Waals surface area contributed by atoms with Crippen molar-refractivity contribution in [1.29, 1.82) is 0 Å². The van der Waals surface area contributed by atoms with E-state index in [1.165, 1.54) is 32.1 Å². The van der Waals surface area contributed by atoms with Crippen molar-refractivity contribution >= 4 is 17.7 Å². The Bertz CT molecular complexity index is 237. The Morgan fingerprint density at radius 1 is 1.50 bits per heavy atom. The maximum Gasteiger partial charge on any atom is 0.323 e. The van der Waals surface area contributed by atoms with E-state index in [0.717, 1.165) is 0 Å². The van der Waals surface area contributed by atoms with Gasteiger partial charge in [0.1, 0.15) is 5.54 Å². The third-order valence-electron chi connectivity index (χ3n) is 3.18. The van der Waals surface area contributed by atoms with Gasteiger partial charge >= 0.3 is 5.97 Å². The zero-order valence-corrected chi connectivity index (χ0v) is 11.1. The van der Waals surface area contributed by atoms with Gasteiger partial charge in [-0.05, 0) is 26.2 Å². The molecule has 3 N–H and O–H groups in total. The topological polar surface area (TPSA) is 63.3 Å². The first-order valence-electron chi connectivity index (χ1n) is 6.09. The Labute approximate surface area is 102 Å². The van der Waals surface area contributed by atoms with Gasteiger partial charge in [0.15, 0.2) is 0 Å². The highest BCUT2D eigenvalue weighted by Gasteiger charge is 2.31. The Morgan fingerprint density at radius 2 is 2.06 bits per heavy atom. The van der Waals surface area contributed by atoms with Gasteiger partial charge in [0.05, 0.1) is 0 Å². The lowest BCUT2D eigenvalue weighted by Gasteiger charge is -2.28. The molecule has 0 radical (unpaired) electrons. The fraction of sp³-hybridized carbons (Fsp3) is 0.917. The van der Waals surface area contributed by atoms with E-state index in [-0.39, 0.29) is 0 Å².